The summed E-state index contributed by atoms with van der Waals surface area (Å²) in [7, 11) is 0. The van der Waals surface area contributed by atoms with Crippen LogP contribution in [0, 0.1) is 0 Å². The normalized spacial score (nSPS) is 11.8. The summed E-state index contributed by atoms with van der Waals surface area (Å²) in [5.41, 5.74) is 6.33. The Balaban J connectivity index is 0.00000256. The Morgan fingerprint density at radius 3 is 2.29 bits per heavy atom. The number of rotatable bonds is 5. The van der Waals surface area contributed by atoms with Crippen molar-refractivity contribution in [3.8, 4) is 5.75 Å². The maximum Gasteiger partial charge on any atom is 0.320 e. The molecule has 0 radical (unpaired) electrons. The van der Waals surface area contributed by atoms with Crippen molar-refractivity contribution in [2.75, 3.05) is 0 Å². The molecule has 0 spiro atoms. The lowest BCUT2D eigenvalue weighted by molar-refractivity contribution is -0.138. The Bertz CT molecular complexity index is 351. The summed E-state index contributed by atoms with van der Waals surface area (Å²) in [6, 6.07) is 6.46. The maximum atomic E-state index is 10.6. The van der Waals surface area contributed by atoms with Crippen molar-refractivity contribution in [1.29, 1.82) is 0 Å². The lowest BCUT2D eigenvalue weighted by Gasteiger charge is -2.11. The van der Waals surface area contributed by atoms with Crippen LogP contribution in [0.4, 0.5) is 0 Å². The van der Waals surface area contributed by atoms with Gasteiger partial charge in [-0.25, -0.2) is 0 Å². The van der Waals surface area contributed by atoms with E-state index in [1.807, 2.05) is 38.1 Å². The second-order valence-corrected chi connectivity index (χ2v) is 3.96. The van der Waals surface area contributed by atoms with E-state index in [2.05, 4.69) is 0 Å². The first-order chi connectivity index (χ1) is 7.49. The monoisotopic (exact) mass is 259 g/mol. The number of hydrogen-bond acceptors (Lipinski definition) is 3. The molecule has 0 fully saturated rings. The predicted molar refractivity (Wildman–Crippen MR) is 68.8 cm³/mol. The van der Waals surface area contributed by atoms with Gasteiger partial charge in [0.2, 0.25) is 0 Å². The molecule has 0 saturated carbocycles. The van der Waals surface area contributed by atoms with Crippen molar-refractivity contribution in [3.05, 3.63) is 29.8 Å². The maximum absolute atomic E-state index is 10.6. The molecule has 1 atom stereocenters. The highest BCUT2D eigenvalue weighted by Gasteiger charge is 2.11. The number of halogens is 1. The van der Waals surface area contributed by atoms with Gasteiger partial charge in [0, 0.05) is 0 Å². The first-order valence-corrected chi connectivity index (χ1v) is 5.23. The molecule has 0 aliphatic rings. The summed E-state index contributed by atoms with van der Waals surface area (Å²) < 4.78 is 5.47. The van der Waals surface area contributed by atoms with Crippen LogP contribution in [0.5, 0.6) is 5.75 Å². The first kappa shape index (κ1) is 15.7. The summed E-state index contributed by atoms with van der Waals surface area (Å²) in [5.74, 6) is -0.204. The highest BCUT2D eigenvalue weighted by Crippen LogP contribution is 2.14. The number of benzene rings is 1. The van der Waals surface area contributed by atoms with Crippen LogP contribution in [0.25, 0.3) is 0 Å². The van der Waals surface area contributed by atoms with Gasteiger partial charge in [-0.15, -0.1) is 12.4 Å². The van der Waals surface area contributed by atoms with E-state index in [1.165, 1.54) is 0 Å². The number of nitrogens with two attached hydrogens (primary N) is 1. The number of carbonyl (C=O) groups is 1. The fraction of sp³-hybridized carbons (Fsp3) is 0.417. The van der Waals surface area contributed by atoms with Crippen molar-refractivity contribution in [2.24, 2.45) is 5.73 Å². The second-order valence-electron chi connectivity index (χ2n) is 3.96. The third-order valence-corrected chi connectivity index (χ3v) is 2.07. The fourth-order valence-corrected chi connectivity index (χ4v) is 1.32. The Morgan fingerprint density at radius 1 is 1.35 bits per heavy atom. The Labute approximate surface area is 107 Å². The van der Waals surface area contributed by atoms with E-state index in [9.17, 15) is 4.79 Å². The van der Waals surface area contributed by atoms with Crippen molar-refractivity contribution in [1.82, 2.24) is 0 Å². The van der Waals surface area contributed by atoms with Crippen LogP contribution in [0.3, 0.4) is 0 Å². The zero-order valence-electron chi connectivity index (χ0n) is 9.92. The van der Waals surface area contributed by atoms with E-state index in [4.69, 9.17) is 15.6 Å². The van der Waals surface area contributed by atoms with E-state index in [1.54, 1.807) is 0 Å². The minimum atomic E-state index is -0.984. The van der Waals surface area contributed by atoms with Gasteiger partial charge < -0.3 is 15.6 Å². The molecule has 0 heterocycles. The van der Waals surface area contributed by atoms with Crippen LogP contribution in [0.2, 0.25) is 0 Å². The number of ether oxygens (including phenoxy) is 1. The molecule has 0 saturated heterocycles. The quantitative estimate of drug-likeness (QED) is 0.847. The number of hydrogen-bond donors (Lipinski definition) is 2. The molecular weight excluding hydrogens is 242 g/mol. The van der Waals surface area contributed by atoms with Gasteiger partial charge in [0.15, 0.2) is 0 Å². The molecule has 17 heavy (non-hydrogen) atoms. The largest absolute Gasteiger partial charge is 0.491 e. The van der Waals surface area contributed by atoms with E-state index in [0.717, 1.165) is 11.3 Å². The van der Waals surface area contributed by atoms with Gasteiger partial charge in [0.05, 0.1) is 6.10 Å². The second kappa shape index (κ2) is 7.14. The van der Waals surface area contributed by atoms with Crippen LogP contribution >= 0.6 is 12.4 Å². The molecular formula is C12H18ClNO3. The standard InChI is InChI=1S/C12H17NO3.ClH/c1-8(2)16-10-5-3-9(4-6-10)7-11(13)12(14)15;/h3-6,8,11H,7,13H2,1-2H3,(H,14,15);1H/t11-;/m0./s1. The number of carboxylic acids is 1. The van der Waals surface area contributed by atoms with E-state index < -0.39 is 12.0 Å². The molecule has 3 N–H and O–H groups in total. The van der Waals surface area contributed by atoms with Crippen LogP contribution in [0.15, 0.2) is 24.3 Å². The lowest BCUT2D eigenvalue weighted by atomic mass is 10.1. The summed E-state index contributed by atoms with van der Waals surface area (Å²) in [4.78, 5) is 10.6. The Morgan fingerprint density at radius 2 is 1.88 bits per heavy atom. The highest BCUT2D eigenvalue weighted by atomic mass is 35.5. The van der Waals surface area contributed by atoms with Gasteiger partial charge in [0.25, 0.3) is 0 Å². The first-order valence-electron chi connectivity index (χ1n) is 5.23. The average molecular weight is 260 g/mol. The minimum Gasteiger partial charge on any atom is -0.491 e. The van der Waals surface area contributed by atoms with Crippen molar-refractivity contribution >= 4 is 18.4 Å². The van der Waals surface area contributed by atoms with Crippen molar-refractivity contribution in [3.63, 3.8) is 0 Å². The molecule has 0 bridgehead atoms. The molecule has 0 unspecified atom stereocenters. The Kier molecular flexibility index (Phi) is 6.61. The Hall–Kier alpha value is -1.26. The van der Waals surface area contributed by atoms with E-state index >= 15 is 0 Å². The molecule has 0 amide bonds. The highest BCUT2D eigenvalue weighted by molar-refractivity contribution is 5.85. The molecule has 5 heteroatoms. The number of aliphatic carboxylic acids is 1. The molecule has 1 aromatic carbocycles. The van der Waals surface area contributed by atoms with Gasteiger partial charge in [-0.1, -0.05) is 12.1 Å². The third kappa shape index (κ3) is 5.56. The van der Waals surface area contributed by atoms with E-state index in [-0.39, 0.29) is 18.5 Å². The van der Waals surface area contributed by atoms with Crippen LogP contribution in [0.1, 0.15) is 19.4 Å². The van der Waals surface area contributed by atoms with Gasteiger partial charge in [-0.05, 0) is 38.0 Å². The summed E-state index contributed by atoms with van der Waals surface area (Å²) in [5, 5.41) is 8.67. The summed E-state index contributed by atoms with van der Waals surface area (Å²) >= 11 is 0. The average Bonchev–Trinajstić information content (AvgIpc) is 2.20. The number of carboxylic acid groups (broad SMARTS) is 1. The molecule has 96 valence electrons. The summed E-state index contributed by atoms with van der Waals surface area (Å²) in [6.07, 6.45) is 0.462. The smallest absolute Gasteiger partial charge is 0.320 e. The lowest BCUT2D eigenvalue weighted by Crippen LogP contribution is -2.32. The molecule has 1 rings (SSSR count). The summed E-state index contributed by atoms with van der Waals surface area (Å²) in [6.45, 7) is 3.91. The van der Waals surface area contributed by atoms with Gasteiger partial charge in [-0.2, -0.15) is 0 Å². The molecule has 0 aliphatic heterocycles. The van der Waals surface area contributed by atoms with Gasteiger partial charge >= 0.3 is 5.97 Å². The zero-order valence-corrected chi connectivity index (χ0v) is 10.7. The topological polar surface area (TPSA) is 72.5 Å². The van der Waals surface area contributed by atoms with Crippen LogP contribution < -0.4 is 10.5 Å². The van der Waals surface area contributed by atoms with Crippen molar-refractivity contribution < 1.29 is 14.6 Å². The van der Waals surface area contributed by atoms with Crippen LogP contribution in [-0.2, 0) is 11.2 Å². The van der Waals surface area contributed by atoms with E-state index in [0.29, 0.717) is 6.42 Å². The molecule has 0 aromatic heterocycles. The molecule has 1 aromatic rings. The van der Waals surface area contributed by atoms with Gasteiger partial charge in [0.1, 0.15) is 11.8 Å². The predicted octanol–water partition coefficient (Wildman–Crippen LogP) is 1.85. The van der Waals surface area contributed by atoms with Gasteiger partial charge in [-0.3, -0.25) is 4.79 Å². The van der Waals surface area contributed by atoms with Crippen LogP contribution in [-0.4, -0.2) is 23.2 Å². The molecule has 4 nitrogen and oxygen atoms in total. The third-order valence-electron chi connectivity index (χ3n) is 2.07. The van der Waals surface area contributed by atoms with Crippen molar-refractivity contribution in [2.45, 2.75) is 32.4 Å². The SMILES string of the molecule is CC(C)Oc1ccc(C[C@H](N)C(=O)O)cc1.Cl. The zero-order chi connectivity index (χ0) is 12.1. The minimum absolute atomic E-state index is 0. The fourth-order valence-electron chi connectivity index (χ4n) is 1.32. The molecule has 0 aliphatic carbocycles.